The number of imide groups is 2. The minimum atomic E-state index is -0.992. The Hall–Kier alpha value is -5.45. The Kier molecular flexibility index (Phi) is 9.91. The third-order valence-electron chi connectivity index (χ3n) is 13.7. The number of hydrogen-bond acceptors (Lipinski definition) is 10. The van der Waals surface area contributed by atoms with Crippen LogP contribution in [-0.4, -0.2) is 114 Å². The highest BCUT2D eigenvalue weighted by atomic mass is 35.5. The summed E-state index contributed by atoms with van der Waals surface area (Å²) in [5, 5.41) is 15.6. The SMILES string of the molecule is C[C@H]1CC2(CCN(c3ccc(C(=O)N4CCC(N5CC(C)(Nc6ccc7c(c6)C(=O)N(C6CCC(=O)NC6=O)C7=O)C5)CC4)cc3)CC2)CN1c1ccc(C#N)c(Cl)c1. The molecule has 1 spiro atoms. The van der Waals surface area contributed by atoms with E-state index in [0.29, 0.717) is 35.8 Å². The maximum Gasteiger partial charge on any atom is 0.262 e. The number of piperidine rings is 3. The molecule has 6 heterocycles. The number of anilines is 3. The second-order valence-electron chi connectivity index (χ2n) is 17.8. The van der Waals surface area contributed by atoms with Gasteiger partial charge in [0.25, 0.3) is 17.7 Å². The molecule has 14 heteroatoms. The Bertz CT molecular complexity index is 2270. The zero-order chi connectivity index (χ0) is 41.2. The molecule has 6 aliphatic rings. The lowest BCUT2D eigenvalue weighted by Crippen LogP contribution is -2.67. The van der Waals surface area contributed by atoms with Crippen molar-refractivity contribution in [2.24, 2.45) is 5.41 Å². The highest BCUT2D eigenvalue weighted by Crippen LogP contribution is 2.46. The highest BCUT2D eigenvalue weighted by Gasteiger charge is 2.47. The van der Waals surface area contributed by atoms with Crippen molar-refractivity contribution in [2.75, 3.05) is 60.9 Å². The van der Waals surface area contributed by atoms with Crippen LogP contribution in [0.2, 0.25) is 5.02 Å². The van der Waals surface area contributed by atoms with Gasteiger partial charge >= 0.3 is 0 Å². The Morgan fingerprint density at radius 2 is 1.56 bits per heavy atom. The zero-order valence-electron chi connectivity index (χ0n) is 33.5. The van der Waals surface area contributed by atoms with E-state index >= 15 is 0 Å². The molecule has 59 heavy (non-hydrogen) atoms. The van der Waals surface area contributed by atoms with Crippen molar-refractivity contribution in [3.05, 3.63) is 87.9 Å². The summed E-state index contributed by atoms with van der Waals surface area (Å²) in [6.45, 7) is 10.4. The first-order chi connectivity index (χ1) is 28.3. The van der Waals surface area contributed by atoms with Crippen LogP contribution in [0.25, 0.3) is 0 Å². The van der Waals surface area contributed by atoms with Crippen molar-refractivity contribution < 1.29 is 24.0 Å². The van der Waals surface area contributed by atoms with E-state index in [1.807, 2.05) is 35.2 Å². The lowest BCUT2D eigenvalue weighted by molar-refractivity contribution is -0.136. The van der Waals surface area contributed by atoms with Crippen molar-refractivity contribution in [3.8, 4) is 6.07 Å². The fourth-order valence-corrected chi connectivity index (χ4v) is 10.8. The quantitative estimate of drug-likeness (QED) is 0.302. The summed E-state index contributed by atoms with van der Waals surface area (Å²) in [7, 11) is 0. The van der Waals surface area contributed by atoms with Crippen molar-refractivity contribution in [1.29, 1.82) is 5.26 Å². The van der Waals surface area contributed by atoms with Gasteiger partial charge in [0.1, 0.15) is 12.1 Å². The van der Waals surface area contributed by atoms with E-state index in [1.165, 1.54) is 0 Å². The van der Waals surface area contributed by atoms with E-state index in [2.05, 4.69) is 57.4 Å². The number of rotatable bonds is 7. The van der Waals surface area contributed by atoms with Crippen molar-refractivity contribution in [1.82, 2.24) is 20.0 Å². The van der Waals surface area contributed by atoms with Gasteiger partial charge < -0.3 is 20.0 Å². The average Bonchev–Trinajstić information content (AvgIpc) is 3.67. The van der Waals surface area contributed by atoms with Crippen LogP contribution in [0.3, 0.4) is 0 Å². The fraction of sp³-hybridized carbons (Fsp3) is 0.467. The molecule has 0 aliphatic carbocycles. The Balaban J connectivity index is 0.734. The summed E-state index contributed by atoms with van der Waals surface area (Å²) in [6.07, 6.45) is 5.33. The summed E-state index contributed by atoms with van der Waals surface area (Å²) in [4.78, 5) is 74.4. The van der Waals surface area contributed by atoms with Gasteiger partial charge in [-0.3, -0.25) is 39.1 Å². The van der Waals surface area contributed by atoms with Crippen LogP contribution in [-0.2, 0) is 9.59 Å². The van der Waals surface area contributed by atoms with Crippen LogP contribution in [0.1, 0.15) is 95.4 Å². The van der Waals surface area contributed by atoms with Gasteiger partial charge in [-0.1, -0.05) is 11.6 Å². The van der Waals surface area contributed by atoms with Gasteiger partial charge in [0.15, 0.2) is 0 Å². The van der Waals surface area contributed by atoms with Gasteiger partial charge in [-0.25, -0.2) is 0 Å². The standard InChI is InChI=1S/C45H49ClN8O5/c1-28-23-45(27-53(28)34-9-5-30(24-47)37(46)22-34)15-19-50(20-16-45)32-7-3-29(4-8-32)41(57)51-17-13-33(14-18-51)52-25-44(2,26-52)49-31-6-10-35-36(21-31)43(59)54(42(35)58)38-11-12-39(55)48-40(38)56/h3-10,21-22,28,33,38,49H,11-20,23,25-27H2,1-2H3,(H,48,55,56)/t28-,38?/m0/s1. The van der Waals surface area contributed by atoms with Crippen LogP contribution in [0.4, 0.5) is 17.1 Å². The summed E-state index contributed by atoms with van der Waals surface area (Å²) in [5.74, 6) is -1.98. The third-order valence-corrected chi connectivity index (χ3v) is 14.0. The summed E-state index contributed by atoms with van der Waals surface area (Å²) >= 11 is 6.38. The summed E-state index contributed by atoms with van der Waals surface area (Å²) in [6, 6.07) is 21.0. The van der Waals surface area contributed by atoms with E-state index in [9.17, 15) is 29.2 Å². The van der Waals surface area contributed by atoms with Gasteiger partial charge in [0, 0.05) is 86.9 Å². The number of nitriles is 1. The molecule has 5 amide bonds. The molecule has 5 fully saturated rings. The van der Waals surface area contributed by atoms with E-state index in [0.717, 1.165) is 92.4 Å². The number of halogens is 1. The molecule has 2 N–H and O–H groups in total. The first kappa shape index (κ1) is 39.0. The molecule has 0 aromatic heterocycles. The van der Waals surface area contributed by atoms with Gasteiger partial charge in [0.2, 0.25) is 11.8 Å². The van der Waals surface area contributed by atoms with Gasteiger partial charge in [-0.05, 0) is 118 Å². The Morgan fingerprint density at radius 1 is 0.864 bits per heavy atom. The van der Waals surface area contributed by atoms with Crippen LogP contribution in [0.15, 0.2) is 60.7 Å². The lowest BCUT2D eigenvalue weighted by Gasteiger charge is -2.53. The highest BCUT2D eigenvalue weighted by molar-refractivity contribution is 6.32. The smallest absolute Gasteiger partial charge is 0.262 e. The number of carbonyl (C=O) groups is 5. The molecular formula is C45H49ClN8O5. The number of carbonyl (C=O) groups excluding carboxylic acids is 5. The van der Waals surface area contributed by atoms with E-state index < -0.39 is 29.7 Å². The first-order valence-electron chi connectivity index (χ1n) is 20.8. The number of hydrogen-bond donors (Lipinski definition) is 2. The van der Waals surface area contributed by atoms with Crippen molar-refractivity contribution in [2.45, 2.75) is 82.5 Å². The second-order valence-corrected chi connectivity index (χ2v) is 18.2. The largest absolute Gasteiger partial charge is 0.377 e. The molecular weight excluding hydrogens is 768 g/mol. The molecule has 0 saturated carbocycles. The van der Waals surface area contributed by atoms with Crippen LogP contribution < -0.4 is 20.4 Å². The van der Waals surface area contributed by atoms with Gasteiger partial charge in [-0.15, -0.1) is 0 Å². The number of nitrogens with zero attached hydrogens (tertiary/aromatic N) is 6. The molecule has 3 aromatic carbocycles. The van der Waals surface area contributed by atoms with Crippen molar-refractivity contribution in [3.63, 3.8) is 0 Å². The Morgan fingerprint density at radius 3 is 2.24 bits per heavy atom. The number of nitrogens with one attached hydrogen (secondary N) is 2. The molecule has 2 atom stereocenters. The number of benzene rings is 3. The van der Waals surface area contributed by atoms with E-state index in [-0.39, 0.29) is 40.8 Å². The lowest BCUT2D eigenvalue weighted by atomic mass is 9.76. The fourth-order valence-electron chi connectivity index (χ4n) is 10.6. The molecule has 1 unspecified atom stereocenters. The predicted octanol–water partition coefficient (Wildman–Crippen LogP) is 5.29. The predicted molar refractivity (Wildman–Crippen MR) is 224 cm³/mol. The van der Waals surface area contributed by atoms with Gasteiger partial charge in [-0.2, -0.15) is 5.26 Å². The topological polar surface area (TPSA) is 149 Å². The maximum absolute atomic E-state index is 13.6. The van der Waals surface area contributed by atoms with Crippen LogP contribution >= 0.6 is 11.6 Å². The molecule has 6 aliphatic heterocycles. The van der Waals surface area contributed by atoms with Crippen LogP contribution in [0, 0.1) is 16.7 Å². The molecule has 3 aromatic rings. The third kappa shape index (κ3) is 7.20. The average molecular weight is 817 g/mol. The molecule has 5 saturated heterocycles. The number of fused-ring (bicyclic) bond motifs is 1. The molecule has 13 nitrogen and oxygen atoms in total. The van der Waals surface area contributed by atoms with Crippen LogP contribution in [0.5, 0.6) is 0 Å². The normalized spacial score (nSPS) is 24.2. The monoisotopic (exact) mass is 816 g/mol. The van der Waals surface area contributed by atoms with E-state index in [1.54, 1.807) is 18.2 Å². The van der Waals surface area contributed by atoms with E-state index in [4.69, 9.17) is 11.6 Å². The first-order valence-corrected chi connectivity index (χ1v) is 21.2. The minimum absolute atomic E-state index is 0.0754. The zero-order valence-corrected chi connectivity index (χ0v) is 34.3. The van der Waals surface area contributed by atoms with Gasteiger partial charge in [0.05, 0.1) is 27.3 Å². The molecule has 0 radical (unpaired) electrons. The Labute approximate surface area is 349 Å². The molecule has 9 rings (SSSR count). The maximum atomic E-state index is 13.6. The summed E-state index contributed by atoms with van der Waals surface area (Å²) in [5.41, 5.74) is 4.73. The summed E-state index contributed by atoms with van der Waals surface area (Å²) < 4.78 is 0. The molecule has 0 bridgehead atoms. The number of likely N-dealkylation sites (tertiary alicyclic amines) is 2. The number of amides is 5. The van der Waals surface area contributed by atoms with Crippen molar-refractivity contribution >= 4 is 58.2 Å². The minimum Gasteiger partial charge on any atom is -0.377 e. The molecule has 306 valence electrons. The second kappa shape index (κ2) is 15.0.